The zero-order valence-electron chi connectivity index (χ0n) is 29.1. The summed E-state index contributed by atoms with van der Waals surface area (Å²) in [6.07, 6.45) is 13.9. The molecule has 1 aliphatic carbocycles. The topological polar surface area (TPSA) is 4.93 Å². The fourth-order valence-electron chi connectivity index (χ4n) is 7.82. The van der Waals surface area contributed by atoms with Crippen LogP contribution in [0.3, 0.4) is 0 Å². The largest absolute Gasteiger partial charge is 0.309 e. The van der Waals surface area contributed by atoms with Crippen molar-refractivity contribution in [2.75, 3.05) is 0 Å². The molecular formula is C50H37NS. The highest BCUT2D eigenvalue weighted by atomic mass is 32.1. The molecule has 2 heterocycles. The van der Waals surface area contributed by atoms with Crippen molar-refractivity contribution in [1.82, 2.24) is 4.57 Å². The molecule has 2 aromatic heterocycles. The van der Waals surface area contributed by atoms with E-state index in [-0.39, 0.29) is 0 Å². The van der Waals surface area contributed by atoms with Gasteiger partial charge < -0.3 is 4.57 Å². The fourth-order valence-corrected chi connectivity index (χ4v) is 8.85. The molecule has 248 valence electrons. The average molecular weight is 684 g/mol. The first-order valence-corrected chi connectivity index (χ1v) is 18.6. The summed E-state index contributed by atoms with van der Waals surface area (Å²) in [5.74, 6) is 0. The lowest BCUT2D eigenvalue weighted by Gasteiger charge is -2.16. The van der Waals surface area contributed by atoms with E-state index in [1.807, 2.05) is 6.08 Å². The molecule has 1 nitrogen and oxygen atoms in total. The highest BCUT2D eigenvalue weighted by Gasteiger charge is 2.17. The Morgan fingerprint density at radius 3 is 2.27 bits per heavy atom. The van der Waals surface area contributed by atoms with Crippen LogP contribution in [-0.2, 0) is 6.42 Å². The molecular weight excluding hydrogens is 647 g/mol. The number of hydrogen-bond donors (Lipinski definition) is 0. The van der Waals surface area contributed by atoms with Crippen LogP contribution < -0.4 is 0 Å². The van der Waals surface area contributed by atoms with Gasteiger partial charge in [0.15, 0.2) is 0 Å². The number of nitrogens with zero attached hydrogens (tertiary/aromatic N) is 1. The van der Waals surface area contributed by atoms with Crippen LogP contribution in [-0.4, -0.2) is 4.57 Å². The van der Waals surface area contributed by atoms with Gasteiger partial charge in [-0.25, -0.2) is 0 Å². The molecule has 1 aliphatic rings. The lowest BCUT2D eigenvalue weighted by molar-refractivity contribution is 1.18. The minimum atomic E-state index is 0.853. The van der Waals surface area contributed by atoms with Crippen LogP contribution in [0.1, 0.15) is 34.1 Å². The summed E-state index contributed by atoms with van der Waals surface area (Å²) in [5.41, 5.74) is 15.4. The van der Waals surface area contributed by atoms with Gasteiger partial charge in [-0.05, 0) is 111 Å². The summed E-state index contributed by atoms with van der Waals surface area (Å²) in [5, 5.41) is 3.75. The van der Waals surface area contributed by atoms with Crippen LogP contribution in [0.15, 0.2) is 171 Å². The van der Waals surface area contributed by atoms with Crippen molar-refractivity contribution in [3.05, 3.63) is 198 Å². The third-order valence-corrected chi connectivity index (χ3v) is 11.4. The molecule has 0 unspecified atom stereocenters. The van der Waals surface area contributed by atoms with Crippen molar-refractivity contribution in [2.45, 2.75) is 13.3 Å². The molecule has 0 aliphatic heterocycles. The van der Waals surface area contributed by atoms with E-state index in [4.69, 9.17) is 0 Å². The van der Waals surface area contributed by atoms with Gasteiger partial charge in [-0.3, -0.25) is 0 Å². The molecule has 2 heteroatoms. The summed E-state index contributed by atoms with van der Waals surface area (Å²) >= 11 is 1.80. The molecule has 0 bridgehead atoms. The van der Waals surface area contributed by atoms with E-state index in [0.29, 0.717) is 0 Å². The summed E-state index contributed by atoms with van der Waals surface area (Å²) in [7, 11) is 0. The van der Waals surface area contributed by atoms with Gasteiger partial charge in [0.1, 0.15) is 0 Å². The van der Waals surface area contributed by atoms with Gasteiger partial charge in [-0.15, -0.1) is 11.3 Å². The van der Waals surface area contributed by atoms with Gasteiger partial charge in [-0.2, -0.15) is 0 Å². The minimum absolute atomic E-state index is 0.853. The van der Waals surface area contributed by atoms with Gasteiger partial charge in [0.2, 0.25) is 0 Å². The molecule has 9 rings (SSSR count). The molecule has 0 radical (unpaired) electrons. The number of thiophene rings is 1. The SMILES string of the molecule is C=Cc1sc2ccc(-c3ccc4c5ccccc5n(-c5cccc(C6=C/C(=C)c7ccccc7-c7ccccc7C/C=C\6)c5)c4c3)cc2c1/C=C\C. The van der Waals surface area contributed by atoms with E-state index >= 15 is 0 Å². The number of rotatable bonds is 5. The summed E-state index contributed by atoms with van der Waals surface area (Å²) < 4.78 is 3.70. The molecule has 0 fully saturated rings. The van der Waals surface area contributed by atoms with Crippen LogP contribution >= 0.6 is 11.3 Å². The van der Waals surface area contributed by atoms with E-state index < -0.39 is 0 Å². The van der Waals surface area contributed by atoms with E-state index in [9.17, 15) is 0 Å². The van der Waals surface area contributed by atoms with Gasteiger partial charge in [0.05, 0.1) is 11.0 Å². The summed E-state index contributed by atoms with van der Waals surface area (Å²) in [6, 6.07) is 48.8. The van der Waals surface area contributed by atoms with Gasteiger partial charge in [-0.1, -0.05) is 141 Å². The monoisotopic (exact) mass is 683 g/mol. The zero-order chi connectivity index (χ0) is 35.2. The van der Waals surface area contributed by atoms with Crippen molar-refractivity contribution in [3.63, 3.8) is 0 Å². The Morgan fingerprint density at radius 1 is 0.654 bits per heavy atom. The van der Waals surface area contributed by atoms with E-state index in [2.05, 4.69) is 188 Å². The number of benzene rings is 6. The zero-order valence-corrected chi connectivity index (χ0v) is 30.0. The van der Waals surface area contributed by atoms with Crippen LogP contribution in [0.2, 0.25) is 0 Å². The van der Waals surface area contributed by atoms with Crippen molar-refractivity contribution in [1.29, 1.82) is 0 Å². The average Bonchev–Trinajstić information content (AvgIpc) is 3.72. The number of allylic oxidation sites excluding steroid dienone is 6. The highest BCUT2D eigenvalue weighted by molar-refractivity contribution is 7.20. The summed E-state index contributed by atoms with van der Waals surface area (Å²) in [4.78, 5) is 1.21. The molecule has 0 amide bonds. The second kappa shape index (κ2) is 13.2. The number of hydrogen-bond acceptors (Lipinski definition) is 1. The predicted octanol–water partition coefficient (Wildman–Crippen LogP) is 14.2. The normalized spacial score (nSPS) is 14.7. The van der Waals surface area contributed by atoms with Crippen LogP contribution in [0.25, 0.3) is 83.1 Å². The van der Waals surface area contributed by atoms with Crippen molar-refractivity contribution < 1.29 is 0 Å². The Kier molecular flexibility index (Phi) is 8.03. The Balaban J connectivity index is 1.19. The lowest BCUT2D eigenvalue weighted by atomic mass is 9.88. The number of aromatic nitrogens is 1. The first-order chi connectivity index (χ1) is 25.6. The fraction of sp³-hybridized carbons (Fsp3) is 0.0400. The van der Waals surface area contributed by atoms with Gasteiger partial charge in [0.25, 0.3) is 0 Å². The predicted molar refractivity (Wildman–Crippen MR) is 228 cm³/mol. The minimum Gasteiger partial charge on any atom is -0.309 e. The maximum absolute atomic E-state index is 4.59. The molecule has 0 atom stereocenters. The standard InChI is InChI=1S/C50H37NS/c1-4-14-45-46-31-37(26-28-50(46)52-49(45)5-2)38-25-27-44-43-23-10-11-24-47(43)51(48(44)32-38)39-19-13-18-36(30-39)35-17-12-16-34-15-6-7-21-41(34)42-22-9-8-20-40(42)33(3)29-35/h4-15,17-32H,2-3,16H2,1H3/b14-4-,17-12-,35-29+. The lowest BCUT2D eigenvalue weighted by Crippen LogP contribution is -1.97. The van der Waals surface area contributed by atoms with Crippen LogP contribution in [0.4, 0.5) is 0 Å². The maximum Gasteiger partial charge on any atom is 0.0547 e. The molecule has 52 heavy (non-hydrogen) atoms. The van der Waals surface area contributed by atoms with Crippen LogP contribution in [0, 0.1) is 0 Å². The Hall–Kier alpha value is -6.22. The third kappa shape index (κ3) is 5.40. The van der Waals surface area contributed by atoms with E-state index in [0.717, 1.165) is 34.4 Å². The molecule has 0 saturated heterocycles. The van der Waals surface area contributed by atoms with Crippen molar-refractivity contribution in [2.24, 2.45) is 0 Å². The first-order valence-electron chi connectivity index (χ1n) is 17.8. The van der Waals surface area contributed by atoms with Crippen molar-refractivity contribution in [3.8, 4) is 27.9 Å². The van der Waals surface area contributed by atoms with Crippen LogP contribution in [0.5, 0.6) is 0 Å². The quantitative estimate of drug-likeness (QED) is 0.170. The smallest absolute Gasteiger partial charge is 0.0547 e. The molecule has 0 spiro atoms. The molecule has 6 aromatic carbocycles. The molecule has 0 N–H and O–H groups in total. The Labute approximate surface area is 309 Å². The second-order valence-electron chi connectivity index (χ2n) is 13.4. The molecule has 8 aromatic rings. The Bertz CT molecular complexity index is 2810. The Morgan fingerprint density at radius 2 is 1.40 bits per heavy atom. The highest BCUT2D eigenvalue weighted by Crippen LogP contribution is 2.40. The molecule has 0 saturated carbocycles. The summed E-state index contributed by atoms with van der Waals surface area (Å²) in [6.45, 7) is 10.7. The van der Waals surface area contributed by atoms with Gasteiger partial charge in [0, 0.05) is 31.4 Å². The van der Waals surface area contributed by atoms with E-state index in [1.54, 1.807) is 11.3 Å². The maximum atomic E-state index is 4.59. The van der Waals surface area contributed by atoms with Gasteiger partial charge >= 0.3 is 0 Å². The van der Waals surface area contributed by atoms with Crippen molar-refractivity contribution >= 4 is 66.5 Å². The third-order valence-electron chi connectivity index (χ3n) is 10.3. The number of fused-ring (bicyclic) bond motifs is 7. The number of para-hydroxylation sites is 1. The second-order valence-corrected chi connectivity index (χ2v) is 14.4. The van der Waals surface area contributed by atoms with E-state index in [1.165, 1.54) is 70.1 Å². The first kappa shape index (κ1) is 31.7.